The van der Waals surface area contributed by atoms with Gasteiger partial charge in [0.1, 0.15) is 5.75 Å². The molecule has 0 radical (unpaired) electrons. The summed E-state index contributed by atoms with van der Waals surface area (Å²) >= 11 is 12.1. The summed E-state index contributed by atoms with van der Waals surface area (Å²) in [5, 5.41) is 1.12. The predicted molar refractivity (Wildman–Crippen MR) is 84.2 cm³/mol. The molecule has 0 saturated carbocycles. The third kappa shape index (κ3) is 2.71. The minimum atomic E-state index is -0.508. The molecule has 0 bridgehead atoms. The van der Waals surface area contributed by atoms with Crippen LogP contribution in [0.1, 0.15) is 12.5 Å². The van der Waals surface area contributed by atoms with Crippen molar-refractivity contribution >= 4 is 34.8 Å². The Hall–Kier alpha value is -1.71. The minimum Gasteiger partial charge on any atom is -0.479 e. The quantitative estimate of drug-likeness (QED) is 0.825. The fourth-order valence-electron chi connectivity index (χ4n) is 2.34. The molecule has 1 amide bonds. The first-order chi connectivity index (χ1) is 10.1. The zero-order valence-corrected chi connectivity index (χ0v) is 12.9. The van der Waals surface area contributed by atoms with Crippen molar-refractivity contribution in [1.82, 2.24) is 0 Å². The van der Waals surface area contributed by atoms with E-state index in [1.807, 2.05) is 30.3 Å². The Bertz CT molecular complexity index is 702. The van der Waals surface area contributed by atoms with Crippen LogP contribution in [-0.4, -0.2) is 12.0 Å². The number of carbonyl (C=O) groups is 1. The van der Waals surface area contributed by atoms with Gasteiger partial charge < -0.3 is 9.64 Å². The van der Waals surface area contributed by atoms with Crippen molar-refractivity contribution in [3.8, 4) is 5.75 Å². The van der Waals surface area contributed by atoms with Crippen LogP contribution in [0, 0.1) is 0 Å². The number of rotatable bonds is 2. The van der Waals surface area contributed by atoms with Crippen molar-refractivity contribution in [2.24, 2.45) is 0 Å². The van der Waals surface area contributed by atoms with E-state index in [0.29, 0.717) is 22.3 Å². The molecule has 1 aliphatic rings. The number of benzene rings is 2. The van der Waals surface area contributed by atoms with Crippen LogP contribution in [0.25, 0.3) is 0 Å². The highest BCUT2D eigenvalue weighted by Gasteiger charge is 2.31. The van der Waals surface area contributed by atoms with Crippen molar-refractivity contribution in [2.45, 2.75) is 19.6 Å². The van der Waals surface area contributed by atoms with Crippen LogP contribution in [0.4, 0.5) is 5.69 Å². The molecule has 1 heterocycles. The highest BCUT2D eigenvalue weighted by Crippen LogP contribution is 2.35. The van der Waals surface area contributed by atoms with Gasteiger partial charge in [-0.25, -0.2) is 0 Å². The van der Waals surface area contributed by atoms with Crippen LogP contribution in [0.2, 0.25) is 10.0 Å². The summed E-state index contributed by atoms with van der Waals surface area (Å²) in [5.74, 6) is 0.620. The zero-order valence-electron chi connectivity index (χ0n) is 11.3. The first-order valence-corrected chi connectivity index (χ1v) is 7.33. The lowest BCUT2D eigenvalue weighted by atomic mass is 10.1. The fraction of sp³-hybridized carbons (Fsp3) is 0.188. The molecule has 108 valence electrons. The molecule has 2 aromatic rings. The number of anilines is 1. The molecule has 3 rings (SSSR count). The molecular weight excluding hydrogens is 309 g/mol. The molecule has 21 heavy (non-hydrogen) atoms. The third-order valence-electron chi connectivity index (χ3n) is 3.42. The van der Waals surface area contributed by atoms with E-state index in [1.54, 1.807) is 24.0 Å². The van der Waals surface area contributed by atoms with Gasteiger partial charge >= 0.3 is 0 Å². The molecule has 3 nitrogen and oxygen atoms in total. The summed E-state index contributed by atoms with van der Waals surface area (Å²) in [5.41, 5.74) is 1.60. The molecule has 0 unspecified atom stereocenters. The van der Waals surface area contributed by atoms with E-state index in [-0.39, 0.29) is 5.91 Å². The summed E-state index contributed by atoms with van der Waals surface area (Å²) in [6.07, 6.45) is -0.508. The van der Waals surface area contributed by atoms with Crippen molar-refractivity contribution in [2.75, 3.05) is 4.90 Å². The highest BCUT2D eigenvalue weighted by molar-refractivity contribution is 6.35. The molecule has 0 fully saturated rings. The second-order valence-corrected chi connectivity index (χ2v) is 5.73. The Kier molecular flexibility index (Phi) is 3.79. The van der Waals surface area contributed by atoms with Crippen LogP contribution in [0.3, 0.4) is 0 Å². The highest BCUT2D eigenvalue weighted by atomic mass is 35.5. The number of halogens is 2. The van der Waals surface area contributed by atoms with Crippen molar-refractivity contribution in [1.29, 1.82) is 0 Å². The number of ether oxygens (including phenoxy) is 1. The van der Waals surface area contributed by atoms with Gasteiger partial charge in [-0.05, 0) is 36.8 Å². The van der Waals surface area contributed by atoms with Crippen LogP contribution >= 0.6 is 23.2 Å². The molecule has 0 N–H and O–H groups in total. The first-order valence-electron chi connectivity index (χ1n) is 6.57. The van der Waals surface area contributed by atoms with E-state index in [2.05, 4.69) is 0 Å². The second kappa shape index (κ2) is 5.58. The van der Waals surface area contributed by atoms with Gasteiger partial charge in [-0.15, -0.1) is 0 Å². The summed E-state index contributed by atoms with van der Waals surface area (Å²) in [4.78, 5) is 14.1. The molecular formula is C16H13Cl2NO2. The van der Waals surface area contributed by atoms with Gasteiger partial charge in [0.25, 0.3) is 5.91 Å². The molecule has 1 aliphatic heterocycles. The van der Waals surface area contributed by atoms with Crippen molar-refractivity contribution in [3.63, 3.8) is 0 Å². The third-order valence-corrected chi connectivity index (χ3v) is 4.00. The molecule has 0 aromatic heterocycles. The van der Waals surface area contributed by atoms with Gasteiger partial charge in [-0.1, -0.05) is 41.4 Å². The molecule has 0 aliphatic carbocycles. The van der Waals surface area contributed by atoms with Crippen LogP contribution in [0.15, 0.2) is 42.5 Å². The number of nitrogens with zero attached hydrogens (tertiary/aromatic N) is 1. The maximum Gasteiger partial charge on any atom is 0.268 e. The summed E-state index contributed by atoms with van der Waals surface area (Å²) in [6.45, 7) is 2.13. The maximum absolute atomic E-state index is 12.4. The summed E-state index contributed by atoms with van der Waals surface area (Å²) < 4.78 is 5.62. The standard InChI is InChI=1S/C16H13Cl2NO2/c1-10-16(20)19(14-4-2-3-5-15(14)21-10)9-11-6-7-12(17)8-13(11)18/h2-8,10H,9H2,1H3/t10-/m1/s1. The average Bonchev–Trinajstić information content (AvgIpc) is 2.46. The lowest BCUT2D eigenvalue weighted by molar-refractivity contribution is -0.125. The first kappa shape index (κ1) is 14.2. The van der Waals surface area contributed by atoms with E-state index in [4.69, 9.17) is 27.9 Å². The Morgan fingerprint density at radius 3 is 2.71 bits per heavy atom. The van der Waals surface area contributed by atoms with E-state index in [0.717, 1.165) is 11.3 Å². The number of hydrogen-bond donors (Lipinski definition) is 0. The van der Waals surface area contributed by atoms with Crippen LogP contribution in [0.5, 0.6) is 5.75 Å². The maximum atomic E-state index is 12.4. The van der Waals surface area contributed by atoms with Gasteiger partial charge in [0.05, 0.1) is 12.2 Å². The largest absolute Gasteiger partial charge is 0.479 e. The number of para-hydroxylation sites is 2. The van der Waals surface area contributed by atoms with Crippen molar-refractivity contribution < 1.29 is 9.53 Å². The van der Waals surface area contributed by atoms with Gasteiger partial charge in [0, 0.05) is 10.0 Å². The summed E-state index contributed by atoms with van der Waals surface area (Å²) in [7, 11) is 0. The second-order valence-electron chi connectivity index (χ2n) is 4.89. The van der Waals surface area contributed by atoms with E-state index < -0.39 is 6.10 Å². The lowest BCUT2D eigenvalue weighted by Gasteiger charge is -2.33. The van der Waals surface area contributed by atoms with Crippen LogP contribution in [-0.2, 0) is 11.3 Å². The number of amides is 1. The van der Waals surface area contributed by atoms with Gasteiger partial charge in [0.15, 0.2) is 6.10 Å². The number of fused-ring (bicyclic) bond motifs is 1. The molecule has 0 spiro atoms. The molecule has 0 saturated heterocycles. The monoisotopic (exact) mass is 321 g/mol. The normalized spacial score (nSPS) is 17.4. The Labute approximate surface area is 133 Å². The number of carbonyl (C=O) groups excluding carboxylic acids is 1. The van der Waals surface area contributed by atoms with E-state index >= 15 is 0 Å². The average molecular weight is 322 g/mol. The fourth-order valence-corrected chi connectivity index (χ4v) is 2.81. The van der Waals surface area contributed by atoms with E-state index in [1.165, 1.54) is 0 Å². The Morgan fingerprint density at radius 1 is 1.19 bits per heavy atom. The molecule has 5 heteroatoms. The smallest absolute Gasteiger partial charge is 0.268 e. The molecule has 1 atom stereocenters. The topological polar surface area (TPSA) is 29.5 Å². The minimum absolute atomic E-state index is 0.0836. The van der Waals surface area contributed by atoms with Gasteiger partial charge in [-0.3, -0.25) is 4.79 Å². The van der Waals surface area contributed by atoms with Crippen LogP contribution < -0.4 is 9.64 Å². The molecule has 2 aromatic carbocycles. The van der Waals surface area contributed by atoms with Gasteiger partial charge in [-0.2, -0.15) is 0 Å². The zero-order chi connectivity index (χ0) is 15.0. The predicted octanol–water partition coefficient (Wildman–Crippen LogP) is 4.31. The lowest BCUT2D eigenvalue weighted by Crippen LogP contribution is -2.44. The SMILES string of the molecule is C[C@H]1Oc2ccccc2N(Cc2ccc(Cl)cc2Cl)C1=O. The summed E-state index contributed by atoms with van der Waals surface area (Å²) in [6, 6.07) is 12.8. The Balaban J connectivity index is 1.99. The number of hydrogen-bond acceptors (Lipinski definition) is 2. The van der Waals surface area contributed by atoms with E-state index in [9.17, 15) is 4.79 Å². The Morgan fingerprint density at radius 2 is 1.95 bits per heavy atom. The van der Waals surface area contributed by atoms with Gasteiger partial charge in [0.2, 0.25) is 0 Å². The van der Waals surface area contributed by atoms with Crippen molar-refractivity contribution in [3.05, 3.63) is 58.1 Å².